The van der Waals surface area contributed by atoms with Crippen LogP contribution in [0.2, 0.25) is 0 Å². The smallest absolute Gasteiger partial charge is 0.288 e. The molecular weight excluding hydrogens is 300 g/mol. The van der Waals surface area contributed by atoms with Crippen LogP contribution in [-0.2, 0) is 10.0 Å². The molecule has 2 aromatic carbocycles. The van der Waals surface area contributed by atoms with E-state index in [0.29, 0.717) is 0 Å². The van der Waals surface area contributed by atoms with Crippen LogP contribution in [0.5, 0.6) is 0 Å². The summed E-state index contributed by atoms with van der Waals surface area (Å²) in [5.74, 6) is -0.173. The summed E-state index contributed by atoms with van der Waals surface area (Å²) in [6.45, 7) is 1.88. The van der Waals surface area contributed by atoms with Crippen LogP contribution in [0.3, 0.4) is 0 Å². The molecule has 0 spiro atoms. The van der Waals surface area contributed by atoms with Gasteiger partial charge in [-0.2, -0.15) is 18.2 Å². The number of guanidine groups is 1. The molecule has 0 aliphatic carbocycles. The minimum atomic E-state index is -3.72. The molecule has 0 atom stereocenters. The Labute approximate surface area is 129 Å². The number of aryl methyl sites for hydroxylation is 1. The van der Waals surface area contributed by atoms with E-state index in [4.69, 9.17) is 5.73 Å². The summed E-state index contributed by atoms with van der Waals surface area (Å²) in [6, 6.07) is 15.8. The third kappa shape index (κ3) is 4.42. The minimum absolute atomic E-state index is 0.134. The number of hydrazone groups is 1. The second-order valence-corrected chi connectivity index (χ2v) is 6.30. The molecule has 0 bridgehead atoms. The van der Waals surface area contributed by atoms with Crippen LogP contribution in [0.4, 0.5) is 0 Å². The van der Waals surface area contributed by atoms with Gasteiger partial charge in [0.05, 0.1) is 6.21 Å². The molecule has 0 heterocycles. The van der Waals surface area contributed by atoms with Gasteiger partial charge in [0.2, 0.25) is 0 Å². The standard InChI is InChI=1S/C15H16N4O2S/c1-12-7-9-14(10-8-12)22(20,21)19-15(16)18-17-11-13-5-3-2-4-6-13/h2-11H,1H3,(H3,16,18,19)/p+1/b17-11-. The molecule has 114 valence electrons. The van der Waals surface area contributed by atoms with Crippen LogP contribution in [0, 0.1) is 6.92 Å². The minimum Gasteiger partial charge on any atom is -0.288 e. The second kappa shape index (κ2) is 6.86. The first-order valence-electron chi connectivity index (χ1n) is 6.53. The van der Waals surface area contributed by atoms with E-state index >= 15 is 0 Å². The molecule has 4 N–H and O–H groups in total. The van der Waals surface area contributed by atoms with Crippen molar-refractivity contribution < 1.29 is 12.8 Å². The molecule has 0 unspecified atom stereocenters. The van der Waals surface area contributed by atoms with Gasteiger partial charge < -0.3 is 0 Å². The highest BCUT2D eigenvalue weighted by Crippen LogP contribution is 2.06. The lowest BCUT2D eigenvalue weighted by Crippen LogP contribution is -2.81. The molecule has 0 aromatic heterocycles. The van der Waals surface area contributed by atoms with Crippen molar-refractivity contribution in [1.82, 2.24) is 5.43 Å². The van der Waals surface area contributed by atoms with Crippen LogP contribution < -0.4 is 15.6 Å². The molecule has 2 rings (SSSR count). The summed E-state index contributed by atoms with van der Waals surface area (Å²) in [4.78, 5) is 0.134. The lowest BCUT2D eigenvalue weighted by Gasteiger charge is -1.99. The van der Waals surface area contributed by atoms with Gasteiger partial charge in [-0.05, 0) is 24.6 Å². The third-order valence-electron chi connectivity index (χ3n) is 2.77. The number of nitrogens with one attached hydrogen (secondary N) is 2. The molecule has 7 heteroatoms. The topological polar surface area (TPSA) is 98.5 Å². The SMILES string of the molecule is Cc1ccc(S(=O)(=O)[NH+]=C(N)N/N=C\c2ccccc2)cc1. The van der Waals surface area contributed by atoms with Crippen LogP contribution in [0.15, 0.2) is 64.6 Å². The Kier molecular flexibility index (Phi) is 4.90. The number of benzene rings is 2. The lowest BCUT2D eigenvalue weighted by molar-refractivity contribution is -0.272. The predicted octanol–water partition coefficient (Wildman–Crippen LogP) is -0.297. The fourth-order valence-electron chi connectivity index (χ4n) is 1.66. The monoisotopic (exact) mass is 317 g/mol. The molecule has 22 heavy (non-hydrogen) atoms. The van der Waals surface area contributed by atoms with Crippen molar-refractivity contribution in [2.24, 2.45) is 10.8 Å². The van der Waals surface area contributed by atoms with Gasteiger partial charge in [0, 0.05) is 0 Å². The molecule has 6 nitrogen and oxygen atoms in total. The van der Waals surface area contributed by atoms with Gasteiger partial charge in [-0.3, -0.25) is 5.73 Å². The van der Waals surface area contributed by atoms with Crippen LogP contribution in [0.25, 0.3) is 0 Å². The van der Waals surface area contributed by atoms with E-state index in [1.807, 2.05) is 37.3 Å². The van der Waals surface area contributed by atoms with Crippen molar-refractivity contribution in [3.63, 3.8) is 0 Å². The third-order valence-corrected chi connectivity index (χ3v) is 4.16. The van der Waals surface area contributed by atoms with Gasteiger partial charge in [-0.1, -0.05) is 48.0 Å². The van der Waals surface area contributed by atoms with Gasteiger partial charge in [-0.25, -0.2) is 0 Å². The van der Waals surface area contributed by atoms with Crippen LogP contribution in [-0.4, -0.2) is 20.6 Å². The molecule has 0 saturated carbocycles. The summed E-state index contributed by atoms with van der Waals surface area (Å²) in [5.41, 5.74) is 9.87. The maximum Gasteiger partial charge on any atom is 0.380 e. The zero-order valence-electron chi connectivity index (χ0n) is 12.0. The fourth-order valence-corrected chi connectivity index (χ4v) is 2.61. The Balaban J connectivity index is 2.08. The first-order chi connectivity index (χ1) is 10.5. The largest absolute Gasteiger partial charge is 0.380 e. The van der Waals surface area contributed by atoms with E-state index in [2.05, 4.69) is 14.9 Å². The number of sulfonamides is 1. The van der Waals surface area contributed by atoms with E-state index in [1.54, 1.807) is 12.1 Å². The summed E-state index contributed by atoms with van der Waals surface area (Å²) in [7, 11) is -3.72. The number of nitrogens with zero attached hydrogens (tertiary/aromatic N) is 1. The van der Waals surface area contributed by atoms with Gasteiger partial charge in [0.1, 0.15) is 4.90 Å². The Morgan fingerprint density at radius 2 is 1.77 bits per heavy atom. The van der Waals surface area contributed by atoms with Crippen molar-refractivity contribution in [1.29, 1.82) is 0 Å². The maximum atomic E-state index is 12.1. The molecule has 0 saturated heterocycles. The summed E-state index contributed by atoms with van der Waals surface area (Å²) in [6.07, 6.45) is 1.53. The highest BCUT2D eigenvalue weighted by molar-refractivity contribution is 7.84. The van der Waals surface area contributed by atoms with E-state index < -0.39 is 10.0 Å². The van der Waals surface area contributed by atoms with Gasteiger partial charge in [0.25, 0.3) is 0 Å². The Morgan fingerprint density at radius 1 is 1.14 bits per heavy atom. The molecule has 0 aliphatic rings. The quantitative estimate of drug-likeness (QED) is 0.410. The average molecular weight is 317 g/mol. The normalized spacial score (nSPS) is 12.5. The highest BCUT2D eigenvalue weighted by Gasteiger charge is 2.15. The lowest BCUT2D eigenvalue weighted by atomic mass is 10.2. The van der Waals surface area contributed by atoms with Crippen molar-refractivity contribution in [2.75, 3.05) is 0 Å². The average Bonchev–Trinajstić information content (AvgIpc) is 2.48. The van der Waals surface area contributed by atoms with Crippen molar-refractivity contribution in [2.45, 2.75) is 11.8 Å². The van der Waals surface area contributed by atoms with Crippen LogP contribution in [0.1, 0.15) is 11.1 Å². The second-order valence-electron chi connectivity index (χ2n) is 4.61. The molecule has 0 amide bonds. The first-order valence-corrected chi connectivity index (χ1v) is 8.02. The van der Waals surface area contributed by atoms with Crippen molar-refractivity contribution in [3.8, 4) is 0 Å². The first kappa shape index (κ1) is 15.7. The van der Waals surface area contributed by atoms with Gasteiger partial charge >= 0.3 is 16.0 Å². The zero-order chi connectivity index (χ0) is 16.0. The fraction of sp³-hybridized carbons (Fsp3) is 0.0667. The molecule has 0 fully saturated rings. The summed E-state index contributed by atoms with van der Waals surface area (Å²) < 4.78 is 26.4. The Morgan fingerprint density at radius 3 is 2.41 bits per heavy atom. The van der Waals surface area contributed by atoms with Crippen LogP contribution >= 0.6 is 0 Å². The Hall–Kier alpha value is -2.67. The molecule has 2 aromatic rings. The van der Waals surface area contributed by atoms with Crippen molar-refractivity contribution in [3.05, 3.63) is 65.7 Å². The molecule has 0 radical (unpaired) electrons. The summed E-state index contributed by atoms with van der Waals surface area (Å²) >= 11 is 0. The number of nitrogens with two attached hydrogens (primary N) is 1. The zero-order valence-corrected chi connectivity index (χ0v) is 12.8. The Bertz CT molecular complexity index is 782. The number of hydrogen-bond acceptors (Lipinski definition) is 3. The number of hydrogen-bond donors (Lipinski definition) is 3. The van der Waals surface area contributed by atoms with E-state index in [1.165, 1.54) is 18.3 Å². The molecule has 0 aliphatic heterocycles. The van der Waals surface area contributed by atoms with Crippen molar-refractivity contribution >= 4 is 22.2 Å². The number of rotatable bonds is 4. The van der Waals surface area contributed by atoms with Gasteiger partial charge in [-0.15, -0.1) is 5.10 Å². The predicted molar refractivity (Wildman–Crippen MR) is 85.7 cm³/mol. The summed E-state index contributed by atoms with van der Waals surface area (Å²) in [5, 5.41) is 3.87. The molecular formula is C15H17N4O2S+. The van der Waals surface area contributed by atoms with Gasteiger partial charge in [0.15, 0.2) is 0 Å². The highest BCUT2D eigenvalue weighted by atomic mass is 32.2. The van der Waals surface area contributed by atoms with E-state index in [0.717, 1.165) is 11.1 Å². The van der Waals surface area contributed by atoms with E-state index in [-0.39, 0.29) is 10.9 Å². The van der Waals surface area contributed by atoms with E-state index in [9.17, 15) is 8.42 Å². The maximum absolute atomic E-state index is 12.1.